The molecule has 0 bridgehead atoms. The highest BCUT2D eigenvalue weighted by Gasteiger charge is 2.11. The number of thioether (sulfide) groups is 1. The molecule has 0 saturated carbocycles. The zero-order valence-electron chi connectivity index (χ0n) is 16.1. The van der Waals surface area contributed by atoms with Crippen LogP contribution in [0.1, 0.15) is 0 Å². The zero-order valence-corrected chi connectivity index (χ0v) is 19.3. The molecule has 2 aromatic carbocycles. The maximum absolute atomic E-state index is 12.1. The number of nitrogens with one attached hydrogen (secondary N) is 2. The van der Waals surface area contributed by atoms with Gasteiger partial charge >= 0.3 is 0 Å². The average molecular weight is 480 g/mol. The van der Waals surface area contributed by atoms with Crippen LogP contribution in [0.3, 0.4) is 0 Å². The topological polar surface area (TPSA) is 72.5 Å². The largest absolute Gasteiger partial charge is 0.493 e. The van der Waals surface area contributed by atoms with E-state index in [1.165, 1.54) is 23.1 Å². The minimum Gasteiger partial charge on any atom is -0.493 e. The summed E-state index contributed by atoms with van der Waals surface area (Å²) >= 11 is 13.9. The van der Waals surface area contributed by atoms with Gasteiger partial charge in [0.1, 0.15) is 0 Å². The number of rotatable bonds is 7. The number of ether oxygens (including phenoxy) is 2. The summed E-state index contributed by atoms with van der Waals surface area (Å²) in [5.74, 6) is 1.30. The predicted molar refractivity (Wildman–Crippen MR) is 127 cm³/mol. The lowest BCUT2D eigenvalue weighted by molar-refractivity contribution is -0.117. The Hall–Kier alpha value is -2.33. The van der Waals surface area contributed by atoms with Crippen molar-refractivity contribution < 1.29 is 14.3 Å². The summed E-state index contributed by atoms with van der Waals surface area (Å²) in [4.78, 5) is 17.6. The number of methoxy groups -OCH3 is 2. The first-order valence-corrected chi connectivity index (χ1v) is 11.3. The number of halogens is 1. The zero-order chi connectivity index (χ0) is 21.5. The van der Waals surface area contributed by atoms with Gasteiger partial charge in [0.15, 0.2) is 21.7 Å². The number of benzene rings is 2. The van der Waals surface area contributed by atoms with Crippen molar-refractivity contribution in [1.82, 2.24) is 10.3 Å². The van der Waals surface area contributed by atoms with Crippen molar-refractivity contribution in [3.8, 4) is 22.8 Å². The van der Waals surface area contributed by atoms with Crippen LogP contribution in [0.2, 0.25) is 5.02 Å². The molecular formula is C20H18ClN3O3S3. The van der Waals surface area contributed by atoms with Crippen molar-refractivity contribution in [1.29, 1.82) is 0 Å². The molecule has 1 aromatic heterocycles. The van der Waals surface area contributed by atoms with Crippen molar-refractivity contribution in [3.63, 3.8) is 0 Å². The SMILES string of the molecule is COc1ccc(-c2csc(NC(=S)NC(=O)CSc3ccc(Cl)cc3)n2)cc1OC. The van der Waals surface area contributed by atoms with Gasteiger partial charge in [0.2, 0.25) is 5.91 Å². The molecular weight excluding hydrogens is 462 g/mol. The number of thiazole rings is 1. The van der Waals surface area contributed by atoms with Crippen LogP contribution in [0.15, 0.2) is 52.7 Å². The lowest BCUT2D eigenvalue weighted by Gasteiger charge is -2.08. The molecule has 0 aliphatic rings. The van der Waals surface area contributed by atoms with Gasteiger partial charge in [-0.15, -0.1) is 23.1 Å². The van der Waals surface area contributed by atoms with Gasteiger partial charge in [0, 0.05) is 20.9 Å². The Morgan fingerprint density at radius 2 is 1.90 bits per heavy atom. The number of aromatic nitrogens is 1. The molecule has 2 N–H and O–H groups in total. The summed E-state index contributed by atoms with van der Waals surface area (Å²) in [5, 5.41) is 8.93. The number of thiocarbonyl (C=S) groups is 1. The van der Waals surface area contributed by atoms with Crippen molar-refractivity contribution in [2.45, 2.75) is 4.90 Å². The standard InChI is InChI=1S/C20H18ClN3O3S3/c1-26-16-8-3-12(9-17(16)27-2)15-10-30-20(22-15)24-19(28)23-18(25)11-29-14-6-4-13(21)5-7-14/h3-10H,11H2,1-2H3,(H2,22,23,24,25,28). The third kappa shape index (κ3) is 6.09. The maximum Gasteiger partial charge on any atom is 0.236 e. The second kappa shape index (κ2) is 10.6. The molecule has 30 heavy (non-hydrogen) atoms. The number of carbonyl (C=O) groups is 1. The molecule has 0 aliphatic heterocycles. The molecule has 6 nitrogen and oxygen atoms in total. The highest BCUT2D eigenvalue weighted by Crippen LogP contribution is 2.33. The first kappa shape index (κ1) is 22.4. The summed E-state index contributed by atoms with van der Waals surface area (Å²) in [5.41, 5.74) is 1.64. The molecule has 1 amide bonds. The van der Waals surface area contributed by atoms with Crippen LogP contribution < -0.4 is 20.1 Å². The van der Waals surface area contributed by atoms with Crippen LogP contribution in [-0.4, -0.2) is 36.0 Å². The van der Waals surface area contributed by atoms with Gasteiger partial charge < -0.3 is 20.1 Å². The van der Waals surface area contributed by atoms with Crippen molar-refractivity contribution in [2.75, 3.05) is 25.3 Å². The first-order chi connectivity index (χ1) is 14.5. The number of nitrogens with zero attached hydrogens (tertiary/aromatic N) is 1. The third-order valence-corrected chi connectivity index (χ3v) is 6.07. The van der Waals surface area contributed by atoms with Gasteiger partial charge in [-0.05, 0) is 54.7 Å². The fourth-order valence-electron chi connectivity index (χ4n) is 2.43. The number of hydrogen-bond acceptors (Lipinski definition) is 7. The third-order valence-electron chi connectivity index (χ3n) is 3.84. The Labute approximate surface area is 193 Å². The Bertz CT molecular complexity index is 1040. The maximum atomic E-state index is 12.1. The minimum absolute atomic E-state index is 0.199. The molecule has 0 atom stereocenters. The highest BCUT2D eigenvalue weighted by atomic mass is 35.5. The van der Waals surface area contributed by atoms with Crippen LogP contribution in [-0.2, 0) is 4.79 Å². The first-order valence-electron chi connectivity index (χ1n) is 8.65. The van der Waals surface area contributed by atoms with E-state index in [0.717, 1.165) is 16.2 Å². The quantitative estimate of drug-likeness (QED) is 0.361. The molecule has 0 fully saturated rings. The molecule has 156 valence electrons. The molecule has 0 spiro atoms. The molecule has 0 aliphatic carbocycles. The van der Waals surface area contributed by atoms with Crippen molar-refractivity contribution >= 4 is 63.1 Å². The van der Waals surface area contributed by atoms with Crippen LogP contribution in [0.5, 0.6) is 11.5 Å². The van der Waals surface area contributed by atoms with E-state index in [0.29, 0.717) is 21.7 Å². The summed E-state index contributed by atoms with van der Waals surface area (Å²) in [6.45, 7) is 0. The fourth-order valence-corrected chi connectivity index (χ4v) is 4.25. The lowest BCUT2D eigenvalue weighted by Crippen LogP contribution is -2.35. The van der Waals surface area contributed by atoms with Crippen LogP contribution >= 0.6 is 46.9 Å². The number of anilines is 1. The van der Waals surface area contributed by atoms with Crippen LogP contribution in [0, 0.1) is 0 Å². The van der Waals surface area contributed by atoms with Gasteiger partial charge in [-0.3, -0.25) is 4.79 Å². The number of hydrogen-bond donors (Lipinski definition) is 2. The van der Waals surface area contributed by atoms with Gasteiger partial charge in [-0.2, -0.15) is 0 Å². The average Bonchev–Trinajstić information content (AvgIpc) is 3.21. The molecule has 3 rings (SSSR count). The Morgan fingerprint density at radius 3 is 2.60 bits per heavy atom. The van der Waals surface area contributed by atoms with E-state index >= 15 is 0 Å². The number of carbonyl (C=O) groups excluding carboxylic acids is 1. The second-order valence-corrected chi connectivity index (χ2v) is 8.60. The number of amides is 1. The summed E-state index contributed by atoms with van der Waals surface area (Å²) in [7, 11) is 3.17. The van der Waals surface area contributed by atoms with Gasteiger partial charge in [0.05, 0.1) is 25.7 Å². The van der Waals surface area contributed by atoms with E-state index in [-0.39, 0.29) is 16.8 Å². The van der Waals surface area contributed by atoms with Gasteiger partial charge in [-0.25, -0.2) is 4.98 Å². The van der Waals surface area contributed by atoms with E-state index in [9.17, 15) is 4.79 Å². The lowest BCUT2D eigenvalue weighted by atomic mass is 10.1. The van der Waals surface area contributed by atoms with E-state index in [1.807, 2.05) is 35.7 Å². The second-order valence-electron chi connectivity index (χ2n) is 5.85. The van der Waals surface area contributed by atoms with Gasteiger partial charge in [-0.1, -0.05) is 11.6 Å². The highest BCUT2D eigenvalue weighted by molar-refractivity contribution is 8.00. The smallest absolute Gasteiger partial charge is 0.236 e. The molecule has 0 unspecified atom stereocenters. The summed E-state index contributed by atoms with van der Waals surface area (Å²) in [6, 6.07) is 12.9. The Kier molecular flexibility index (Phi) is 7.92. The van der Waals surface area contributed by atoms with Crippen LogP contribution in [0.4, 0.5) is 5.13 Å². The summed E-state index contributed by atoms with van der Waals surface area (Å²) in [6.07, 6.45) is 0. The Balaban J connectivity index is 1.54. The Morgan fingerprint density at radius 1 is 1.17 bits per heavy atom. The normalized spacial score (nSPS) is 10.4. The van der Waals surface area contributed by atoms with Crippen molar-refractivity contribution in [3.05, 3.63) is 52.9 Å². The monoisotopic (exact) mass is 479 g/mol. The van der Waals surface area contributed by atoms with Crippen molar-refractivity contribution in [2.24, 2.45) is 0 Å². The van der Waals surface area contributed by atoms with E-state index in [4.69, 9.17) is 33.3 Å². The van der Waals surface area contributed by atoms with E-state index < -0.39 is 0 Å². The van der Waals surface area contributed by atoms with E-state index in [1.54, 1.807) is 26.4 Å². The summed E-state index contributed by atoms with van der Waals surface area (Å²) < 4.78 is 10.6. The molecule has 0 saturated heterocycles. The molecule has 1 heterocycles. The minimum atomic E-state index is -0.205. The molecule has 10 heteroatoms. The fraction of sp³-hybridized carbons (Fsp3) is 0.150. The van der Waals surface area contributed by atoms with Gasteiger partial charge in [0.25, 0.3) is 0 Å². The van der Waals surface area contributed by atoms with E-state index in [2.05, 4.69) is 15.6 Å². The molecule has 0 radical (unpaired) electrons. The predicted octanol–water partition coefficient (Wildman–Crippen LogP) is 5.09. The molecule has 3 aromatic rings. The van der Waals surface area contributed by atoms with Crippen LogP contribution in [0.25, 0.3) is 11.3 Å².